The zero-order valence-electron chi connectivity index (χ0n) is 22.2. The van der Waals surface area contributed by atoms with Gasteiger partial charge in [-0.2, -0.15) is 0 Å². The summed E-state index contributed by atoms with van der Waals surface area (Å²) in [6, 6.07) is -4.78. The maximum atomic E-state index is 13.4. The Morgan fingerprint density at radius 1 is 0.974 bits per heavy atom. The van der Waals surface area contributed by atoms with E-state index in [9.17, 15) is 29.1 Å². The van der Waals surface area contributed by atoms with E-state index in [1.165, 1.54) is 18.7 Å². The fourth-order valence-electron chi connectivity index (χ4n) is 3.99. The molecule has 0 aromatic heterocycles. The fourth-order valence-corrected chi connectivity index (χ4v) is 3.99. The van der Waals surface area contributed by atoms with Gasteiger partial charge in [-0.15, -0.1) is 0 Å². The number of carbonyl (C=O) groups is 5. The van der Waals surface area contributed by atoms with Gasteiger partial charge in [0, 0.05) is 13.1 Å². The van der Waals surface area contributed by atoms with Gasteiger partial charge in [-0.05, 0) is 65.3 Å². The molecule has 1 heterocycles. The third kappa shape index (κ3) is 10.9. The molecular weight excluding hydrogens is 498 g/mol. The quantitative estimate of drug-likeness (QED) is 0.0560. The number of carboxylic acid groups (broad SMARTS) is 1. The minimum absolute atomic E-state index is 0.0906. The Morgan fingerprint density at radius 3 is 2.18 bits per heavy atom. The highest BCUT2D eigenvalue weighted by atomic mass is 16.4. The van der Waals surface area contributed by atoms with E-state index in [1.807, 2.05) is 0 Å². The minimum Gasteiger partial charge on any atom is -0.480 e. The Kier molecular flexibility index (Phi) is 14.1. The van der Waals surface area contributed by atoms with Gasteiger partial charge in [0.2, 0.25) is 23.6 Å². The van der Waals surface area contributed by atoms with Crippen molar-refractivity contribution in [1.82, 2.24) is 20.9 Å². The van der Waals surface area contributed by atoms with Crippen molar-refractivity contribution in [3.05, 3.63) is 0 Å². The van der Waals surface area contributed by atoms with E-state index in [4.69, 9.17) is 22.9 Å². The van der Waals surface area contributed by atoms with Gasteiger partial charge in [-0.1, -0.05) is 0 Å². The number of hydrogen-bond donors (Lipinski definition) is 8. The van der Waals surface area contributed by atoms with Gasteiger partial charge >= 0.3 is 5.97 Å². The van der Waals surface area contributed by atoms with Crippen LogP contribution in [0, 0.1) is 0 Å². The second kappa shape index (κ2) is 16.4. The number of likely N-dealkylation sites (tertiary alicyclic amines) is 1. The first-order valence-electron chi connectivity index (χ1n) is 12.8. The van der Waals surface area contributed by atoms with Crippen LogP contribution in [0.4, 0.5) is 0 Å². The van der Waals surface area contributed by atoms with Crippen molar-refractivity contribution < 1.29 is 29.1 Å². The SMILES string of the molecule is C[C@H](N)C(=O)N[C@H](CCCN=C(N)N)C(=O)N1CCC[C@@H]1C(=O)N[C@@H](C)C(=O)N[C@H](CCCCN)C(=O)O. The third-order valence-corrected chi connectivity index (χ3v) is 6.13. The van der Waals surface area contributed by atoms with Crippen LogP contribution in [0.1, 0.15) is 58.8 Å². The van der Waals surface area contributed by atoms with Crippen LogP contribution in [-0.4, -0.2) is 95.4 Å². The van der Waals surface area contributed by atoms with Gasteiger partial charge in [-0.25, -0.2) is 4.79 Å². The molecule has 1 aliphatic heterocycles. The first kappa shape index (κ1) is 32.6. The highest BCUT2D eigenvalue weighted by Crippen LogP contribution is 2.20. The summed E-state index contributed by atoms with van der Waals surface area (Å²) in [4.78, 5) is 67.9. The van der Waals surface area contributed by atoms with Crippen LogP contribution in [0.5, 0.6) is 0 Å². The predicted molar refractivity (Wildman–Crippen MR) is 140 cm³/mol. The maximum Gasteiger partial charge on any atom is 0.326 e. The fraction of sp³-hybridized carbons (Fsp3) is 0.739. The number of aliphatic imine (C=N–C) groups is 1. The minimum atomic E-state index is -1.18. The summed E-state index contributed by atoms with van der Waals surface area (Å²) in [6.07, 6.45) is 2.89. The Bertz CT molecular complexity index is 862. The normalized spacial score (nSPS) is 18.0. The summed E-state index contributed by atoms with van der Waals surface area (Å²) < 4.78 is 0. The number of rotatable bonds is 16. The topological polar surface area (TPSA) is 261 Å². The summed E-state index contributed by atoms with van der Waals surface area (Å²) in [5, 5.41) is 17.0. The van der Waals surface area contributed by atoms with Gasteiger partial charge in [0.1, 0.15) is 24.2 Å². The molecule has 1 aliphatic rings. The Morgan fingerprint density at radius 2 is 1.61 bits per heavy atom. The molecule has 216 valence electrons. The summed E-state index contributed by atoms with van der Waals surface area (Å²) in [5.74, 6) is -3.45. The molecule has 0 aromatic carbocycles. The molecule has 0 radical (unpaired) electrons. The number of hydrogen-bond acceptors (Lipinski definition) is 8. The Labute approximate surface area is 222 Å². The zero-order valence-corrected chi connectivity index (χ0v) is 22.2. The number of aliphatic carboxylic acids is 1. The van der Waals surface area contributed by atoms with Crippen LogP contribution in [-0.2, 0) is 24.0 Å². The molecule has 1 rings (SSSR count). The largest absolute Gasteiger partial charge is 0.480 e. The molecule has 0 aliphatic carbocycles. The lowest BCUT2D eigenvalue weighted by Gasteiger charge is -2.30. The summed E-state index contributed by atoms with van der Waals surface area (Å²) >= 11 is 0. The molecule has 12 N–H and O–H groups in total. The van der Waals surface area contributed by atoms with Crippen molar-refractivity contribution in [1.29, 1.82) is 0 Å². The van der Waals surface area contributed by atoms with Crippen LogP contribution in [0.15, 0.2) is 4.99 Å². The number of nitrogens with one attached hydrogen (secondary N) is 3. The van der Waals surface area contributed by atoms with Gasteiger partial charge in [0.25, 0.3) is 0 Å². The standard InChI is InChI=1S/C23H43N9O6/c1-13(25)18(33)30-15(8-5-11-28-23(26)27)21(36)32-12-6-9-17(32)20(35)29-14(2)19(34)31-16(22(37)38)7-3-4-10-24/h13-17H,3-12,24-25H2,1-2H3,(H,29,35)(H,30,33)(H,31,34)(H,37,38)(H4,26,27,28)/t13-,14-,15+,16+,17+/m0/s1. The van der Waals surface area contributed by atoms with E-state index < -0.39 is 59.8 Å². The zero-order chi connectivity index (χ0) is 28.8. The first-order valence-corrected chi connectivity index (χ1v) is 12.8. The average molecular weight is 542 g/mol. The van der Waals surface area contributed by atoms with Crippen molar-refractivity contribution in [2.45, 2.75) is 89.0 Å². The molecule has 5 atom stereocenters. The number of guanidine groups is 1. The molecule has 1 saturated heterocycles. The lowest BCUT2D eigenvalue weighted by molar-refractivity contribution is -0.143. The van der Waals surface area contributed by atoms with Crippen molar-refractivity contribution in [3.63, 3.8) is 0 Å². The van der Waals surface area contributed by atoms with Gasteiger partial charge in [0.05, 0.1) is 6.04 Å². The monoisotopic (exact) mass is 541 g/mol. The van der Waals surface area contributed by atoms with Crippen molar-refractivity contribution in [3.8, 4) is 0 Å². The van der Waals surface area contributed by atoms with E-state index in [-0.39, 0.29) is 31.9 Å². The molecule has 15 nitrogen and oxygen atoms in total. The number of amides is 4. The molecule has 4 amide bonds. The Balaban J connectivity index is 2.85. The van der Waals surface area contributed by atoms with E-state index in [2.05, 4.69) is 20.9 Å². The molecule has 0 spiro atoms. The van der Waals surface area contributed by atoms with Crippen LogP contribution in [0.25, 0.3) is 0 Å². The maximum absolute atomic E-state index is 13.4. The molecule has 0 saturated carbocycles. The number of carbonyl (C=O) groups excluding carboxylic acids is 4. The van der Waals surface area contributed by atoms with Crippen LogP contribution in [0.3, 0.4) is 0 Å². The van der Waals surface area contributed by atoms with Crippen LogP contribution in [0.2, 0.25) is 0 Å². The predicted octanol–water partition coefficient (Wildman–Crippen LogP) is -2.93. The number of carboxylic acids is 1. The first-order chi connectivity index (χ1) is 17.9. The molecule has 1 fully saturated rings. The van der Waals surface area contributed by atoms with E-state index in [0.29, 0.717) is 38.6 Å². The molecule has 0 unspecified atom stereocenters. The van der Waals surface area contributed by atoms with Crippen molar-refractivity contribution >= 4 is 35.6 Å². The molecular formula is C23H43N9O6. The molecule has 15 heteroatoms. The molecule has 38 heavy (non-hydrogen) atoms. The van der Waals surface area contributed by atoms with Gasteiger partial charge in [-0.3, -0.25) is 24.2 Å². The molecule has 0 bridgehead atoms. The van der Waals surface area contributed by atoms with E-state index in [0.717, 1.165) is 0 Å². The highest BCUT2D eigenvalue weighted by molar-refractivity contribution is 5.95. The Hall–Kier alpha value is -3.46. The lowest BCUT2D eigenvalue weighted by Crippen LogP contribution is -2.57. The summed E-state index contributed by atoms with van der Waals surface area (Å²) in [6.45, 7) is 3.87. The van der Waals surface area contributed by atoms with Crippen molar-refractivity contribution in [2.75, 3.05) is 19.6 Å². The third-order valence-electron chi connectivity index (χ3n) is 6.13. The van der Waals surface area contributed by atoms with Gasteiger partial charge < -0.3 is 48.9 Å². The van der Waals surface area contributed by atoms with Gasteiger partial charge in [0.15, 0.2) is 5.96 Å². The number of unbranched alkanes of at least 4 members (excludes halogenated alkanes) is 1. The summed E-state index contributed by atoms with van der Waals surface area (Å²) in [5.41, 5.74) is 21.7. The lowest BCUT2D eigenvalue weighted by atomic mass is 10.1. The summed E-state index contributed by atoms with van der Waals surface area (Å²) in [7, 11) is 0. The number of nitrogens with two attached hydrogens (primary N) is 4. The van der Waals surface area contributed by atoms with E-state index in [1.54, 1.807) is 0 Å². The van der Waals surface area contributed by atoms with Crippen LogP contribution >= 0.6 is 0 Å². The smallest absolute Gasteiger partial charge is 0.326 e. The molecule has 0 aromatic rings. The second-order valence-corrected chi connectivity index (χ2v) is 9.40. The average Bonchev–Trinajstić information content (AvgIpc) is 3.34. The van der Waals surface area contributed by atoms with E-state index >= 15 is 0 Å². The van der Waals surface area contributed by atoms with Crippen LogP contribution < -0.4 is 38.9 Å². The highest BCUT2D eigenvalue weighted by Gasteiger charge is 2.38. The number of nitrogens with zero attached hydrogens (tertiary/aromatic N) is 2. The second-order valence-electron chi connectivity index (χ2n) is 9.40. The van der Waals surface area contributed by atoms with Crippen molar-refractivity contribution in [2.24, 2.45) is 27.9 Å².